The number of nitriles is 2. The second kappa shape index (κ2) is 9.63. The molecule has 0 aliphatic carbocycles. The van der Waals surface area contributed by atoms with Gasteiger partial charge in [-0.15, -0.1) is 0 Å². The van der Waals surface area contributed by atoms with E-state index in [1.807, 2.05) is 6.07 Å². The fourth-order valence-electron chi connectivity index (χ4n) is 2.62. The topological polar surface area (TPSA) is 122 Å². The Hall–Kier alpha value is -3.76. The summed E-state index contributed by atoms with van der Waals surface area (Å²) in [4.78, 5) is 4.22. The van der Waals surface area contributed by atoms with Gasteiger partial charge in [-0.1, -0.05) is 23.9 Å². The first-order chi connectivity index (χ1) is 14.5. The number of hydrogen-bond acceptors (Lipinski definition) is 8. The minimum absolute atomic E-state index is 0.00817. The van der Waals surface area contributed by atoms with Crippen molar-refractivity contribution < 1.29 is 13.5 Å². The van der Waals surface area contributed by atoms with Gasteiger partial charge in [0.05, 0.1) is 11.3 Å². The van der Waals surface area contributed by atoms with E-state index in [1.54, 1.807) is 30.5 Å². The van der Waals surface area contributed by atoms with Crippen LogP contribution in [0.3, 0.4) is 0 Å². The van der Waals surface area contributed by atoms with Crippen molar-refractivity contribution in [3.05, 3.63) is 59.4 Å². The fourth-order valence-corrected chi connectivity index (χ4v) is 3.51. The van der Waals surface area contributed by atoms with Gasteiger partial charge >= 0.3 is 0 Å². The first-order valence-corrected chi connectivity index (χ1v) is 9.56. The third-order valence-electron chi connectivity index (χ3n) is 3.92. The van der Waals surface area contributed by atoms with E-state index in [4.69, 9.17) is 10.5 Å². The van der Waals surface area contributed by atoms with Crippen molar-refractivity contribution in [2.75, 3.05) is 12.3 Å². The minimum Gasteiger partial charge on any atom is -0.488 e. The molecular weight excluding hydrogens is 410 g/mol. The zero-order valence-electron chi connectivity index (χ0n) is 15.4. The standard InChI is InChI=1S/C20H14F2N6OS/c21-17(22)10-29-14-5-3-12(4-6-14)18-15(8-23)19(25)27-20(16(18)9-24)30-11-13-2-1-7-26-28-13/h1-7,17H,10-11H2,(H2,25,27). The highest BCUT2D eigenvalue weighted by atomic mass is 32.2. The number of nitrogens with two attached hydrogens (primary N) is 1. The molecule has 0 radical (unpaired) electrons. The molecule has 0 atom stereocenters. The lowest BCUT2D eigenvalue weighted by atomic mass is 9.97. The van der Waals surface area contributed by atoms with E-state index in [1.165, 1.54) is 23.9 Å². The summed E-state index contributed by atoms with van der Waals surface area (Å²) in [5, 5.41) is 27.5. The predicted octanol–water partition coefficient (Wildman–Crippen LogP) is 3.80. The van der Waals surface area contributed by atoms with Gasteiger partial charge in [0.25, 0.3) is 6.43 Å². The summed E-state index contributed by atoms with van der Waals surface area (Å²) in [7, 11) is 0. The Kier molecular flexibility index (Phi) is 6.73. The molecule has 2 heterocycles. The molecule has 0 aliphatic rings. The second-order valence-electron chi connectivity index (χ2n) is 5.88. The molecule has 0 saturated heterocycles. The van der Waals surface area contributed by atoms with Gasteiger partial charge in [-0.2, -0.15) is 20.7 Å². The first kappa shape index (κ1) is 21.0. The van der Waals surface area contributed by atoms with Crippen molar-refractivity contribution in [3.63, 3.8) is 0 Å². The summed E-state index contributed by atoms with van der Waals surface area (Å²) in [6.07, 6.45) is -1.03. The lowest BCUT2D eigenvalue weighted by Gasteiger charge is -2.13. The highest BCUT2D eigenvalue weighted by molar-refractivity contribution is 7.98. The second-order valence-corrected chi connectivity index (χ2v) is 6.84. The monoisotopic (exact) mass is 424 g/mol. The molecule has 2 aromatic heterocycles. The molecule has 0 unspecified atom stereocenters. The van der Waals surface area contributed by atoms with Crippen LogP contribution in [0.25, 0.3) is 11.1 Å². The zero-order chi connectivity index (χ0) is 21.5. The van der Waals surface area contributed by atoms with Crippen LogP contribution in [0.5, 0.6) is 5.75 Å². The van der Waals surface area contributed by atoms with Gasteiger partial charge in [0, 0.05) is 17.5 Å². The average molecular weight is 424 g/mol. The number of hydrogen-bond donors (Lipinski definition) is 1. The van der Waals surface area contributed by atoms with Crippen molar-refractivity contribution in [1.29, 1.82) is 10.5 Å². The molecule has 150 valence electrons. The van der Waals surface area contributed by atoms with E-state index >= 15 is 0 Å². The molecule has 0 aliphatic heterocycles. The average Bonchev–Trinajstić information content (AvgIpc) is 2.76. The van der Waals surface area contributed by atoms with Crippen LogP contribution in [-0.2, 0) is 5.75 Å². The van der Waals surface area contributed by atoms with Gasteiger partial charge in [-0.25, -0.2) is 13.8 Å². The third-order valence-corrected chi connectivity index (χ3v) is 4.93. The maximum absolute atomic E-state index is 12.3. The number of pyridine rings is 1. The number of aromatic nitrogens is 3. The summed E-state index contributed by atoms with van der Waals surface area (Å²) < 4.78 is 29.6. The summed E-state index contributed by atoms with van der Waals surface area (Å²) >= 11 is 1.25. The Labute approximate surface area is 175 Å². The van der Waals surface area contributed by atoms with E-state index in [0.29, 0.717) is 27.6 Å². The number of thioether (sulfide) groups is 1. The van der Waals surface area contributed by atoms with Crippen LogP contribution in [0.15, 0.2) is 47.6 Å². The van der Waals surface area contributed by atoms with Crippen molar-refractivity contribution in [3.8, 4) is 29.0 Å². The van der Waals surface area contributed by atoms with Crippen molar-refractivity contribution >= 4 is 17.6 Å². The number of nitrogen functional groups attached to an aromatic ring is 1. The number of benzene rings is 1. The lowest BCUT2D eigenvalue weighted by Crippen LogP contribution is -2.07. The number of alkyl halides is 2. The molecule has 2 N–H and O–H groups in total. The van der Waals surface area contributed by atoms with Crippen LogP contribution in [0, 0.1) is 22.7 Å². The Balaban J connectivity index is 1.99. The highest BCUT2D eigenvalue weighted by Gasteiger charge is 2.21. The van der Waals surface area contributed by atoms with Gasteiger partial charge in [-0.3, -0.25) is 0 Å². The van der Waals surface area contributed by atoms with Crippen LogP contribution >= 0.6 is 11.8 Å². The molecule has 0 saturated carbocycles. The van der Waals surface area contributed by atoms with E-state index in [9.17, 15) is 19.3 Å². The summed E-state index contributed by atoms with van der Waals surface area (Å²) in [5.74, 6) is 0.641. The lowest BCUT2D eigenvalue weighted by molar-refractivity contribution is 0.0819. The van der Waals surface area contributed by atoms with Crippen LogP contribution in [0.4, 0.5) is 14.6 Å². The predicted molar refractivity (Wildman–Crippen MR) is 107 cm³/mol. The van der Waals surface area contributed by atoms with Crippen molar-refractivity contribution in [1.82, 2.24) is 15.2 Å². The molecule has 0 spiro atoms. The number of ether oxygens (including phenoxy) is 1. The van der Waals surface area contributed by atoms with E-state index in [0.717, 1.165) is 0 Å². The van der Waals surface area contributed by atoms with Crippen LogP contribution in [0.1, 0.15) is 16.8 Å². The van der Waals surface area contributed by atoms with Crippen LogP contribution < -0.4 is 10.5 Å². The Morgan fingerprint density at radius 1 is 1.10 bits per heavy atom. The SMILES string of the molecule is N#Cc1c(N)nc(SCc2cccnn2)c(C#N)c1-c1ccc(OCC(F)F)cc1. The molecule has 7 nitrogen and oxygen atoms in total. The molecule has 30 heavy (non-hydrogen) atoms. The normalized spacial score (nSPS) is 10.4. The first-order valence-electron chi connectivity index (χ1n) is 8.58. The number of rotatable bonds is 7. The summed E-state index contributed by atoms with van der Waals surface area (Å²) in [6, 6.07) is 13.8. The largest absolute Gasteiger partial charge is 0.488 e. The van der Waals surface area contributed by atoms with Crippen molar-refractivity contribution in [2.45, 2.75) is 17.2 Å². The highest BCUT2D eigenvalue weighted by Crippen LogP contribution is 2.37. The Morgan fingerprint density at radius 2 is 1.83 bits per heavy atom. The number of nitrogens with zero attached hydrogens (tertiary/aromatic N) is 5. The zero-order valence-corrected chi connectivity index (χ0v) is 16.2. The molecule has 0 amide bonds. The Morgan fingerprint density at radius 3 is 2.43 bits per heavy atom. The smallest absolute Gasteiger partial charge is 0.272 e. The van der Waals surface area contributed by atoms with Gasteiger partial charge in [-0.05, 0) is 29.8 Å². The quantitative estimate of drug-likeness (QED) is 0.569. The van der Waals surface area contributed by atoms with E-state index < -0.39 is 13.0 Å². The summed E-state index contributed by atoms with van der Waals surface area (Å²) in [5.41, 5.74) is 7.78. The maximum atomic E-state index is 12.3. The molecule has 0 fully saturated rings. The summed E-state index contributed by atoms with van der Waals surface area (Å²) in [6.45, 7) is -0.725. The van der Waals surface area contributed by atoms with Crippen LogP contribution in [0.2, 0.25) is 0 Å². The number of halogens is 2. The molecule has 3 rings (SSSR count). The van der Waals surface area contributed by atoms with Gasteiger partial charge in [0.2, 0.25) is 0 Å². The number of anilines is 1. The van der Waals surface area contributed by atoms with Crippen molar-refractivity contribution in [2.24, 2.45) is 0 Å². The molecule has 0 bridgehead atoms. The van der Waals surface area contributed by atoms with E-state index in [2.05, 4.69) is 21.3 Å². The van der Waals surface area contributed by atoms with Gasteiger partial charge in [0.1, 0.15) is 40.9 Å². The Bertz CT molecular complexity index is 1110. The third kappa shape index (κ3) is 4.80. The molecule has 10 heteroatoms. The maximum Gasteiger partial charge on any atom is 0.272 e. The molecular formula is C20H14F2N6OS. The van der Waals surface area contributed by atoms with Gasteiger partial charge < -0.3 is 10.5 Å². The fraction of sp³-hybridized carbons (Fsp3) is 0.150. The molecule has 1 aromatic carbocycles. The molecule has 3 aromatic rings. The van der Waals surface area contributed by atoms with Gasteiger partial charge in [0.15, 0.2) is 0 Å². The van der Waals surface area contributed by atoms with Crippen LogP contribution in [-0.4, -0.2) is 28.2 Å². The minimum atomic E-state index is -2.59. The van der Waals surface area contributed by atoms with E-state index in [-0.39, 0.29) is 22.7 Å².